The van der Waals surface area contributed by atoms with Crippen LogP contribution in [0.3, 0.4) is 0 Å². The van der Waals surface area contributed by atoms with Crippen LogP contribution >= 0.6 is 15.9 Å². The second-order valence-electron chi connectivity index (χ2n) is 5.74. The molecule has 2 rings (SSSR count). The minimum absolute atomic E-state index is 0.289. The summed E-state index contributed by atoms with van der Waals surface area (Å²) in [7, 11) is 1.47. The van der Waals surface area contributed by atoms with Crippen molar-refractivity contribution < 1.29 is 18.7 Å². The predicted octanol–water partition coefficient (Wildman–Crippen LogP) is 4.85. The Hall–Kier alpha value is -1.82. The van der Waals surface area contributed by atoms with Crippen molar-refractivity contribution in [1.29, 1.82) is 0 Å². The Balaban J connectivity index is 2.47. The maximum Gasteiger partial charge on any atom is 0.419 e. The molecule has 22 heavy (non-hydrogen) atoms. The summed E-state index contributed by atoms with van der Waals surface area (Å²) in [6.45, 7) is 5.32. The van der Waals surface area contributed by atoms with Crippen molar-refractivity contribution in [3.8, 4) is 17.0 Å². The Labute approximate surface area is 137 Å². The van der Waals surface area contributed by atoms with Gasteiger partial charge in [-0.1, -0.05) is 0 Å². The van der Waals surface area contributed by atoms with Gasteiger partial charge in [-0.05, 0) is 54.9 Å². The van der Waals surface area contributed by atoms with Crippen LogP contribution in [0.5, 0.6) is 5.75 Å². The number of carbonyl (C=O) groups excluding carboxylic acids is 1. The molecule has 118 valence electrons. The molecule has 6 heteroatoms. The quantitative estimate of drug-likeness (QED) is 0.759. The van der Waals surface area contributed by atoms with E-state index in [0.717, 1.165) is 0 Å². The lowest BCUT2D eigenvalue weighted by atomic mass is 10.1. The topological polar surface area (TPSA) is 40.5 Å². The number of ether oxygens (including phenoxy) is 2. The predicted molar refractivity (Wildman–Crippen MR) is 85.7 cm³/mol. The molecule has 1 aromatic heterocycles. The zero-order valence-corrected chi connectivity index (χ0v) is 14.4. The van der Waals surface area contributed by atoms with Crippen LogP contribution in [0.15, 0.2) is 34.9 Å². The highest BCUT2D eigenvalue weighted by Gasteiger charge is 2.22. The zero-order chi connectivity index (χ0) is 16.5. The normalized spacial score (nSPS) is 11.4. The zero-order valence-electron chi connectivity index (χ0n) is 12.8. The summed E-state index contributed by atoms with van der Waals surface area (Å²) in [5, 5.41) is 0. The van der Waals surface area contributed by atoms with Crippen LogP contribution in [0.25, 0.3) is 11.3 Å². The third-order valence-corrected chi connectivity index (χ3v) is 3.26. The molecule has 0 atom stereocenters. The van der Waals surface area contributed by atoms with E-state index < -0.39 is 17.5 Å². The number of benzene rings is 1. The van der Waals surface area contributed by atoms with E-state index in [1.165, 1.54) is 17.7 Å². The fourth-order valence-electron chi connectivity index (χ4n) is 1.93. The van der Waals surface area contributed by atoms with Crippen LogP contribution in [0, 0.1) is 5.82 Å². The van der Waals surface area contributed by atoms with Gasteiger partial charge in [0.25, 0.3) is 0 Å². The van der Waals surface area contributed by atoms with Gasteiger partial charge in [-0.25, -0.2) is 9.18 Å². The van der Waals surface area contributed by atoms with Gasteiger partial charge in [0.2, 0.25) is 0 Å². The molecule has 0 N–H and O–H groups in total. The van der Waals surface area contributed by atoms with Gasteiger partial charge in [0.1, 0.15) is 17.2 Å². The number of hydrogen-bond donors (Lipinski definition) is 0. The van der Waals surface area contributed by atoms with Crippen molar-refractivity contribution in [2.24, 2.45) is 0 Å². The highest BCUT2D eigenvalue weighted by Crippen LogP contribution is 2.30. The van der Waals surface area contributed by atoms with Crippen molar-refractivity contribution in [3.63, 3.8) is 0 Å². The molecule has 4 nitrogen and oxygen atoms in total. The van der Waals surface area contributed by atoms with E-state index >= 15 is 0 Å². The molecule has 0 aliphatic rings. The number of carbonyl (C=O) groups is 1. The Morgan fingerprint density at radius 3 is 2.50 bits per heavy atom. The van der Waals surface area contributed by atoms with E-state index in [-0.39, 0.29) is 5.56 Å². The second-order valence-corrected chi connectivity index (χ2v) is 6.66. The molecule has 0 amide bonds. The van der Waals surface area contributed by atoms with Gasteiger partial charge in [0, 0.05) is 22.3 Å². The van der Waals surface area contributed by atoms with Crippen molar-refractivity contribution in [3.05, 3.63) is 40.8 Å². The third-order valence-electron chi connectivity index (χ3n) is 2.83. The van der Waals surface area contributed by atoms with E-state index in [0.29, 0.717) is 15.9 Å². The summed E-state index contributed by atoms with van der Waals surface area (Å²) < 4.78 is 26.5. The highest BCUT2D eigenvalue weighted by molar-refractivity contribution is 9.10. The summed E-state index contributed by atoms with van der Waals surface area (Å²) >= 11 is 3.31. The number of methoxy groups -OCH3 is 1. The molecule has 1 aromatic carbocycles. The largest absolute Gasteiger partial charge is 0.497 e. The SMILES string of the molecule is COc1ccc(-c2cc(Br)cn2C(=O)OC(C)(C)C)c(F)c1. The maximum atomic E-state index is 14.3. The Bertz CT molecular complexity index is 704. The lowest BCUT2D eigenvalue weighted by molar-refractivity contribution is 0.0540. The molecule has 0 aliphatic carbocycles. The number of nitrogens with zero attached hydrogens (tertiary/aromatic N) is 1. The first-order chi connectivity index (χ1) is 10.2. The molecule has 0 unspecified atom stereocenters. The van der Waals surface area contributed by atoms with E-state index in [9.17, 15) is 9.18 Å². The van der Waals surface area contributed by atoms with Gasteiger partial charge < -0.3 is 9.47 Å². The first-order valence-electron chi connectivity index (χ1n) is 6.66. The minimum atomic E-state index is -0.635. The first-order valence-corrected chi connectivity index (χ1v) is 7.46. The summed E-state index contributed by atoms with van der Waals surface area (Å²) in [5.41, 5.74) is 0.0578. The maximum absolute atomic E-state index is 14.3. The fourth-order valence-corrected chi connectivity index (χ4v) is 2.35. The molecule has 0 radical (unpaired) electrons. The third kappa shape index (κ3) is 3.68. The van der Waals surface area contributed by atoms with Crippen molar-refractivity contribution >= 4 is 22.0 Å². The van der Waals surface area contributed by atoms with Gasteiger partial charge in [-0.15, -0.1) is 0 Å². The van der Waals surface area contributed by atoms with Gasteiger partial charge >= 0.3 is 6.09 Å². The van der Waals surface area contributed by atoms with Gasteiger partial charge in [-0.2, -0.15) is 0 Å². The molecule has 0 aliphatic heterocycles. The summed E-state index contributed by atoms with van der Waals surface area (Å²) in [6, 6.07) is 6.14. The molecule has 1 heterocycles. The second kappa shape index (κ2) is 6.12. The molecule has 0 saturated carbocycles. The Kier molecular flexibility index (Phi) is 4.60. The molecule has 0 bridgehead atoms. The lowest BCUT2D eigenvalue weighted by Crippen LogP contribution is -2.27. The van der Waals surface area contributed by atoms with Crippen LogP contribution in [0.4, 0.5) is 9.18 Å². The number of halogens is 2. The summed E-state index contributed by atoms with van der Waals surface area (Å²) in [6.07, 6.45) is 0.982. The number of hydrogen-bond acceptors (Lipinski definition) is 3. The van der Waals surface area contributed by atoms with Crippen LogP contribution in [-0.2, 0) is 4.74 Å². The van der Waals surface area contributed by atoms with E-state index in [4.69, 9.17) is 9.47 Å². The van der Waals surface area contributed by atoms with Gasteiger partial charge in [0.15, 0.2) is 0 Å². The number of rotatable bonds is 2. The molecule has 0 spiro atoms. The molecule has 2 aromatic rings. The van der Waals surface area contributed by atoms with Gasteiger partial charge in [0.05, 0.1) is 12.8 Å². The molecule has 0 fully saturated rings. The first kappa shape index (κ1) is 16.5. The van der Waals surface area contributed by atoms with Crippen molar-refractivity contribution in [2.45, 2.75) is 26.4 Å². The van der Waals surface area contributed by atoms with Crippen LogP contribution < -0.4 is 4.74 Å². The fraction of sp³-hybridized carbons (Fsp3) is 0.312. The van der Waals surface area contributed by atoms with E-state index in [1.54, 1.807) is 45.2 Å². The van der Waals surface area contributed by atoms with Crippen molar-refractivity contribution in [2.75, 3.05) is 7.11 Å². The standard InChI is InChI=1S/C16H17BrFNO3/c1-16(2,3)22-15(20)19-9-10(17)7-14(19)12-6-5-11(21-4)8-13(12)18/h5-9H,1-4H3. The monoisotopic (exact) mass is 369 g/mol. The molecular formula is C16H17BrFNO3. The average Bonchev–Trinajstić information content (AvgIpc) is 2.78. The average molecular weight is 370 g/mol. The van der Waals surface area contributed by atoms with Crippen LogP contribution in [0.1, 0.15) is 20.8 Å². The number of aromatic nitrogens is 1. The van der Waals surface area contributed by atoms with Crippen LogP contribution in [0.2, 0.25) is 0 Å². The van der Waals surface area contributed by atoms with E-state index in [1.807, 2.05) is 0 Å². The van der Waals surface area contributed by atoms with E-state index in [2.05, 4.69) is 15.9 Å². The summed E-state index contributed by atoms with van der Waals surface area (Å²) in [4.78, 5) is 12.3. The van der Waals surface area contributed by atoms with Crippen LogP contribution in [-0.4, -0.2) is 23.4 Å². The Morgan fingerprint density at radius 2 is 1.95 bits per heavy atom. The van der Waals surface area contributed by atoms with Crippen molar-refractivity contribution in [1.82, 2.24) is 4.57 Å². The highest BCUT2D eigenvalue weighted by atomic mass is 79.9. The molecular weight excluding hydrogens is 353 g/mol. The smallest absolute Gasteiger partial charge is 0.419 e. The summed E-state index contributed by atoms with van der Waals surface area (Å²) in [5.74, 6) is -0.0644. The minimum Gasteiger partial charge on any atom is -0.497 e. The Morgan fingerprint density at radius 1 is 1.27 bits per heavy atom. The van der Waals surface area contributed by atoms with Gasteiger partial charge in [-0.3, -0.25) is 4.57 Å². The lowest BCUT2D eigenvalue weighted by Gasteiger charge is -2.20. The molecule has 0 saturated heterocycles.